The van der Waals surface area contributed by atoms with Crippen molar-refractivity contribution in [3.05, 3.63) is 57.3 Å². The fraction of sp³-hybridized carbons (Fsp3) is 0.278. The van der Waals surface area contributed by atoms with Crippen LogP contribution in [-0.2, 0) is 10.0 Å². The van der Waals surface area contributed by atoms with E-state index in [1.807, 2.05) is 0 Å². The van der Waals surface area contributed by atoms with Crippen LogP contribution in [0.25, 0.3) is 0 Å². The number of hydrogen-bond donors (Lipinski definition) is 1. The van der Waals surface area contributed by atoms with Crippen molar-refractivity contribution in [1.82, 2.24) is 4.31 Å². The van der Waals surface area contributed by atoms with Crippen LogP contribution in [0.3, 0.4) is 0 Å². The molecule has 0 aromatic heterocycles. The maximum Gasteiger partial charge on any atom is 0.256 e. The minimum atomic E-state index is -3.66. The molecule has 1 N–H and O–H groups in total. The maximum absolute atomic E-state index is 13.2. The molecular weight excluding hydrogens is 459 g/mol. The lowest BCUT2D eigenvalue weighted by Gasteiger charge is -2.26. The first-order valence-corrected chi connectivity index (χ1v) is 11.0. The summed E-state index contributed by atoms with van der Waals surface area (Å²) in [5.74, 6) is -1.07. The molecule has 1 saturated heterocycles. The van der Waals surface area contributed by atoms with Gasteiger partial charge in [-0.05, 0) is 65.2 Å². The summed E-state index contributed by atoms with van der Waals surface area (Å²) in [7, 11) is -3.66. The highest BCUT2D eigenvalue weighted by atomic mass is 79.9. The highest BCUT2D eigenvalue weighted by Crippen LogP contribution is 2.28. The van der Waals surface area contributed by atoms with Crippen molar-refractivity contribution < 1.29 is 17.6 Å². The molecule has 1 amide bonds. The SMILES string of the molecule is O=C(Nc1ccc(F)cc1Cl)c1cc(S(=O)(=O)N2CCCCC2)ccc1Br. The van der Waals surface area contributed by atoms with E-state index in [9.17, 15) is 17.6 Å². The zero-order chi connectivity index (χ0) is 19.6. The molecule has 0 radical (unpaired) electrons. The number of sulfonamides is 1. The topological polar surface area (TPSA) is 66.5 Å². The number of anilines is 1. The minimum Gasteiger partial charge on any atom is -0.321 e. The summed E-state index contributed by atoms with van der Waals surface area (Å²) in [4.78, 5) is 12.7. The average Bonchev–Trinajstić information content (AvgIpc) is 2.65. The Morgan fingerprint density at radius 2 is 1.81 bits per heavy atom. The number of amides is 1. The van der Waals surface area contributed by atoms with Crippen molar-refractivity contribution in [2.45, 2.75) is 24.2 Å². The first-order chi connectivity index (χ1) is 12.8. The van der Waals surface area contributed by atoms with Crippen molar-refractivity contribution >= 4 is 49.1 Å². The lowest BCUT2D eigenvalue weighted by molar-refractivity contribution is 0.102. The number of hydrogen-bond acceptors (Lipinski definition) is 3. The van der Waals surface area contributed by atoms with Gasteiger partial charge in [0.25, 0.3) is 5.91 Å². The monoisotopic (exact) mass is 474 g/mol. The normalized spacial score (nSPS) is 15.5. The summed E-state index contributed by atoms with van der Waals surface area (Å²) in [6.07, 6.45) is 2.66. The minimum absolute atomic E-state index is 0.0524. The number of rotatable bonds is 4. The summed E-state index contributed by atoms with van der Waals surface area (Å²) < 4.78 is 40.7. The first kappa shape index (κ1) is 20.3. The number of carbonyl (C=O) groups is 1. The smallest absolute Gasteiger partial charge is 0.256 e. The molecule has 0 bridgehead atoms. The number of nitrogens with zero attached hydrogens (tertiary/aromatic N) is 1. The van der Waals surface area contributed by atoms with E-state index in [4.69, 9.17) is 11.6 Å². The number of benzene rings is 2. The number of piperidine rings is 1. The van der Waals surface area contributed by atoms with Crippen LogP contribution < -0.4 is 5.32 Å². The van der Waals surface area contributed by atoms with Gasteiger partial charge >= 0.3 is 0 Å². The predicted molar refractivity (Wildman–Crippen MR) is 106 cm³/mol. The molecule has 1 aliphatic rings. The van der Waals surface area contributed by atoms with Gasteiger partial charge < -0.3 is 5.32 Å². The van der Waals surface area contributed by atoms with Gasteiger partial charge in [0.15, 0.2) is 0 Å². The zero-order valence-corrected chi connectivity index (χ0v) is 17.4. The van der Waals surface area contributed by atoms with Gasteiger partial charge in [0.05, 0.1) is 21.2 Å². The van der Waals surface area contributed by atoms with Crippen molar-refractivity contribution in [3.8, 4) is 0 Å². The Balaban J connectivity index is 1.89. The number of carbonyl (C=O) groups excluding carboxylic acids is 1. The maximum atomic E-state index is 13.2. The molecule has 0 aliphatic carbocycles. The van der Waals surface area contributed by atoms with Gasteiger partial charge in [-0.2, -0.15) is 4.31 Å². The van der Waals surface area contributed by atoms with Gasteiger partial charge in [-0.25, -0.2) is 12.8 Å². The zero-order valence-electron chi connectivity index (χ0n) is 14.2. The highest BCUT2D eigenvalue weighted by Gasteiger charge is 2.27. The Morgan fingerprint density at radius 1 is 1.11 bits per heavy atom. The molecule has 27 heavy (non-hydrogen) atoms. The van der Waals surface area contributed by atoms with E-state index >= 15 is 0 Å². The van der Waals surface area contributed by atoms with Crippen molar-refractivity contribution in [1.29, 1.82) is 0 Å². The van der Waals surface area contributed by atoms with Gasteiger partial charge in [-0.15, -0.1) is 0 Å². The lowest BCUT2D eigenvalue weighted by atomic mass is 10.2. The van der Waals surface area contributed by atoms with Crippen LogP contribution in [-0.4, -0.2) is 31.7 Å². The highest BCUT2D eigenvalue weighted by molar-refractivity contribution is 9.10. The number of halogens is 3. The standard InChI is InChI=1S/C18H17BrClFN2O3S/c19-15-6-5-13(27(25,26)23-8-2-1-3-9-23)11-14(15)18(24)22-17-7-4-12(21)10-16(17)20/h4-7,10-11H,1-3,8-9H2,(H,22,24). The van der Waals surface area contributed by atoms with Crippen LogP contribution in [0.4, 0.5) is 10.1 Å². The Morgan fingerprint density at radius 3 is 2.48 bits per heavy atom. The molecule has 1 aliphatic heterocycles. The van der Waals surface area contributed by atoms with Crippen LogP contribution in [0, 0.1) is 5.82 Å². The van der Waals surface area contributed by atoms with Crippen LogP contribution >= 0.6 is 27.5 Å². The van der Waals surface area contributed by atoms with Crippen LogP contribution in [0.2, 0.25) is 5.02 Å². The Bertz CT molecular complexity index is 979. The Hall–Kier alpha value is -1.48. The van der Waals surface area contributed by atoms with Gasteiger partial charge in [0.1, 0.15) is 5.82 Å². The van der Waals surface area contributed by atoms with Crippen molar-refractivity contribution in [3.63, 3.8) is 0 Å². The second-order valence-electron chi connectivity index (χ2n) is 6.18. The molecule has 5 nitrogen and oxygen atoms in total. The average molecular weight is 476 g/mol. The van der Waals surface area contributed by atoms with Gasteiger partial charge in [0.2, 0.25) is 10.0 Å². The summed E-state index contributed by atoms with van der Waals surface area (Å²) in [5, 5.41) is 2.63. The summed E-state index contributed by atoms with van der Waals surface area (Å²) in [6.45, 7) is 0.955. The molecule has 0 saturated carbocycles. The van der Waals surface area contributed by atoms with Crippen molar-refractivity contribution in [2.24, 2.45) is 0 Å². The third-order valence-electron chi connectivity index (χ3n) is 4.31. The summed E-state index contributed by atoms with van der Waals surface area (Å²) in [6, 6.07) is 7.93. The molecule has 9 heteroatoms. The third-order valence-corrected chi connectivity index (χ3v) is 7.21. The van der Waals surface area contributed by atoms with Gasteiger partial charge in [-0.3, -0.25) is 4.79 Å². The lowest BCUT2D eigenvalue weighted by Crippen LogP contribution is -2.35. The van der Waals surface area contributed by atoms with Crippen molar-refractivity contribution in [2.75, 3.05) is 18.4 Å². The largest absolute Gasteiger partial charge is 0.321 e. The molecule has 1 fully saturated rings. The summed E-state index contributed by atoms with van der Waals surface area (Å²) in [5.41, 5.74) is 0.382. The molecule has 0 atom stereocenters. The fourth-order valence-corrected chi connectivity index (χ4v) is 5.06. The quantitative estimate of drug-likeness (QED) is 0.699. The second-order valence-corrected chi connectivity index (χ2v) is 9.38. The van der Waals surface area contributed by atoms with E-state index in [1.54, 1.807) is 0 Å². The molecule has 2 aromatic rings. The third kappa shape index (κ3) is 4.51. The van der Waals surface area contributed by atoms with E-state index in [1.165, 1.54) is 34.6 Å². The van der Waals surface area contributed by atoms with E-state index in [0.29, 0.717) is 17.6 Å². The predicted octanol–water partition coefficient (Wildman–Crippen LogP) is 4.67. The molecule has 0 spiro atoms. The summed E-state index contributed by atoms with van der Waals surface area (Å²) >= 11 is 9.21. The second kappa shape index (κ2) is 8.26. The van der Waals surface area contributed by atoms with Crippen LogP contribution in [0.15, 0.2) is 45.8 Å². The molecule has 144 valence electrons. The fourth-order valence-electron chi connectivity index (χ4n) is 2.87. The Labute approximate surface area is 170 Å². The molecule has 1 heterocycles. The van der Waals surface area contributed by atoms with E-state index in [-0.39, 0.29) is 21.2 Å². The molecule has 3 rings (SSSR count). The van der Waals surface area contributed by atoms with E-state index < -0.39 is 21.7 Å². The van der Waals surface area contributed by atoms with Crippen LogP contribution in [0.1, 0.15) is 29.6 Å². The van der Waals surface area contributed by atoms with Gasteiger partial charge in [-0.1, -0.05) is 18.0 Å². The molecular formula is C18H17BrClFN2O3S. The Kier molecular flexibility index (Phi) is 6.20. The molecule has 0 unspecified atom stereocenters. The van der Waals surface area contributed by atoms with Crippen LogP contribution in [0.5, 0.6) is 0 Å². The number of nitrogens with one attached hydrogen (secondary N) is 1. The first-order valence-electron chi connectivity index (χ1n) is 8.35. The molecule has 2 aromatic carbocycles. The van der Waals surface area contributed by atoms with Gasteiger partial charge in [0, 0.05) is 17.6 Å². The van der Waals surface area contributed by atoms with E-state index in [2.05, 4.69) is 21.2 Å². The van der Waals surface area contributed by atoms with E-state index in [0.717, 1.165) is 25.3 Å².